The maximum Gasteiger partial charge on any atom is 0.328 e. The Hall–Kier alpha value is -1.66. The number of aliphatic hydroxyl groups is 1. The molecule has 0 aromatic carbocycles. The highest BCUT2D eigenvalue weighted by Crippen LogP contribution is 2.10. The third kappa shape index (κ3) is 3.69. The van der Waals surface area contributed by atoms with Gasteiger partial charge in [-0.2, -0.15) is 0 Å². The van der Waals surface area contributed by atoms with Crippen LogP contribution in [0.2, 0.25) is 5.15 Å². The lowest BCUT2D eigenvalue weighted by Gasteiger charge is -2.11. The van der Waals surface area contributed by atoms with Crippen LogP contribution in [0.4, 0.5) is 0 Å². The Morgan fingerprint density at radius 1 is 1.53 bits per heavy atom. The summed E-state index contributed by atoms with van der Waals surface area (Å²) in [5.41, 5.74) is 0.737. The van der Waals surface area contributed by atoms with Crippen molar-refractivity contribution >= 4 is 23.5 Å². The second-order valence-electron chi connectivity index (χ2n) is 3.37. The summed E-state index contributed by atoms with van der Waals surface area (Å²) in [4.78, 5) is 26.1. The van der Waals surface area contributed by atoms with Gasteiger partial charge in [0.1, 0.15) is 5.15 Å². The molecule has 1 rings (SSSR count). The molecule has 0 saturated heterocycles. The molecule has 3 N–H and O–H groups in total. The number of rotatable bonds is 4. The molecule has 0 aliphatic heterocycles. The number of aliphatic hydroxyl groups excluding tert-OH is 1. The van der Waals surface area contributed by atoms with Gasteiger partial charge in [-0.05, 0) is 19.1 Å². The second kappa shape index (κ2) is 5.60. The van der Waals surface area contributed by atoms with Crippen LogP contribution >= 0.6 is 11.6 Å². The van der Waals surface area contributed by atoms with Crippen LogP contribution in [0.1, 0.15) is 16.1 Å². The van der Waals surface area contributed by atoms with Gasteiger partial charge in [0.05, 0.1) is 6.61 Å². The number of nitrogens with one attached hydrogen (secondary N) is 1. The molecule has 1 aromatic rings. The number of halogens is 1. The van der Waals surface area contributed by atoms with Gasteiger partial charge < -0.3 is 15.5 Å². The molecule has 17 heavy (non-hydrogen) atoms. The van der Waals surface area contributed by atoms with E-state index in [0.717, 1.165) is 0 Å². The first-order chi connectivity index (χ1) is 7.93. The molecule has 92 valence electrons. The lowest BCUT2D eigenvalue weighted by molar-refractivity contribution is -0.140. The van der Waals surface area contributed by atoms with Crippen LogP contribution in [-0.4, -0.2) is 39.7 Å². The summed E-state index contributed by atoms with van der Waals surface area (Å²) >= 11 is 5.67. The van der Waals surface area contributed by atoms with E-state index in [9.17, 15) is 9.59 Å². The maximum atomic E-state index is 11.7. The van der Waals surface area contributed by atoms with Crippen molar-refractivity contribution in [3.63, 3.8) is 0 Å². The van der Waals surface area contributed by atoms with E-state index in [1.165, 1.54) is 12.1 Å². The minimum absolute atomic E-state index is 0.144. The monoisotopic (exact) mass is 258 g/mol. The Kier molecular flexibility index (Phi) is 4.42. The smallest absolute Gasteiger partial charge is 0.328 e. The quantitative estimate of drug-likeness (QED) is 0.671. The zero-order valence-electron chi connectivity index (χ0n) is 8.98. The zero-order chi connectivity index (χ0) is 13.0. The van der Waals surface area contributed by atoms with Crippen LogP contribution in [0, 0.1) is 6.92 Å². The predicted molar refractivity (Wildman–Crippen MR) is 60.0 cm³/mol. The summed E-state index contributed by atoms with van der Waals surface area (Å²) in [7, 11) is 0. The van der Waals surface area contributed by atoms with Crippen molar-refractivity contribution in [3.8, 4) is 0 Å². The number of aryl methyl sites for hydroxylation is 1. The van der Waals surface area contributed by atoms with E-state index in [4.69, 9.17) is 21.8 Å². The predicted octanol–water partition coefficient (Wildman–Crippen LogP) is 0.219. The van der Waals surface area contributed by atoms with Gasteiger partial charge in [0.2, 0.25) is 0 Å². The fourth-order valence-corrected chi connectivity index (χ4v) is 1.44. The van der Waals surface area contributed by atoms with Crippen LogP contribution in [0.15, 0.2) is 12.1 Å². The number of amides is 1. The highest BCUT2D eigenvalue weighted by molar-refractivity contribution is 6.29. The van der Waals surface area contributed by atoms with Crippen LogP contribution in [0.3, 0.4) is 0 Å². The number of carboxylic acids is 1. The van der Waals surface area contributed by atoms with E-state index >= 15 is 0 Å². The average Bonchev–Trinajstić information content (AvgIpc) is 2.23. The van der Waals surface area contributed by atoms with Crippen molar-refractivity contribution in [1.29, 1.82) is 0 Å². The second-order valence-corrected chi connectivity index (χ2v) is 3.75. The third-order valence-corrected chi connectivity index (χ3v) is 2.16. The molecule has 1 amide bonds. The molecule has 0 fully saturated rings. The molecule has 0 bridgehead atoms. The average molecular weight is 259 g/mol. The van der Waals surface area contributed by atoms with Crippen LogP contribution in [0.5, 0.6) is 0 Å². The summed E-state index contributed by atoms with van der Waals surface area (Å²) in [6.45, 7) is 0.974. The minimum Gasteiger partial charge on any atom is -0.480 e. The van der Waals surface area contributed by atoms with Crippen molar-refractivity contribution in [3.05, 3.63) is 28.5 Å². The number of hydrogen-bond acceptors (Lipinski definition) is 4. The highest BCUT2D eigenvalue weighted by atomic mass is 35.5. The molecular weight excluding hydrogens is 248 g/mol. The van der Waals surface area contributed by atoms with Crippen LogP contribution < -0.4 is 5.32 Å². The normalized spacial score (nSPS) is 11.9. The standard InChI is InChI=1S/C10H11ClN2O4/c1-5-2-6(3-8(11)12-5)9(15)13-7(4-14)10(16)17/h2-3,7,14H,4H2,1H3,(H,13,15)(H,16,17). The number of carboxylic acid groups (broad SMARTS) is 1. The summed E-state index contributed by atoms with van der Waals surface area (Å²) in [6, 6.07) is 1.45. The van der Waals surface area contributed by atoms with E-state index in [2.05, 4.69) is 10.3 Å². The van der Waals surface area contributed by atoms with Gasteiger partial charge in [0, 0.05) is 11.3 Å². The zero-order valence-corrected chi connectivity index (χ0v) is 9.73. The number of pyridine rings is 1. The number of nitrogens with zero attached hydrogens (tertiary/aromatic N) is 1. The molecule has 1 atom stereocenters. The molecule has 1 aromatic heterocycles. The highest BCUT2D eigenvalue weighted by Gasteiger charge is 2.19. The molecule has 6 nitrogen and oxygen atoms in total. The van der Waals surface area contributed by atoms with E-state index in [-0.39, 0.29) is 10.7 Å². The number of aromatic nitrogens is 1. The largest absolute Gasteiger partial charge is 0.480 e. The molecular formula is C10H11ClN2O4. The third-order valence-electron chi connectivity index (χ3n) is 1.97. The van der Waals surface area contributed by atoms with E-state index in [0.29, 0.717) is 5.69 Å². The van der Waals surface area contributed by atoms with Crippen LogP contribution in [-0.2, 0) is 4.79 Å². The van der Waals surface area contributed by atoms with Crippen molar-refractivity contribution < 1.29 is 19.8 Å². The Balaban J connectivity index is 2.86. The fourth-order valence-electron chi connectivity index (χ4n) is 1.19. The maximum absolute atomic E-state index is 11.7. The van der Waals surface area contributed by atoms with Gasteiger partial charge in [-0.3, -0.25) is 4.79 Å². The molecule has 7 heteroatoms. The Bertz CT molecular complexity index is 430. The van der Waals surface area contributed by atoms with Gasteiger partial charge in [0.15, 0.2) is 6.04 Å². The molecule has 0 aliphatic rings. The molecule has 0 saturated carbocycles. The van der Waals surface area contributed by atoms with Crippen molar-refractivity contribution in [2.75, 3.05) is 6.61 Å². The summed E-state index contributed by atoms with van der Waals surface area (Å²) in [6.07, 6.45) is 0. The van der Waals surface area contributed by atoms with Crippen molar-refractivity contribution in [2.24, 2.45) is 0 Å². The van der Waals surface area contributed by atoms with Crippen molar-refractivity contribution in [2.45, 2.75) is 13.0 Å². The number of carbonyl (C=O) groups is 2. The molecule has 0 aliphatic carbocycles. The summed E-state index contributed by atoms with van der Waals surface area (Å²) in [5, 5.41) is 19.7. The number of aliphatic carboxylic acids is 1. The summed E-state index contributed by atoms with van der Waals surface area (Å²) < 4.78 is 0. The SMILES string of the molecule is Cc1cc(C(=O)NC(CO)C(=O)O)cc(Cl)n1. The minimum atomic E-state index is -1.34. The Morgan fingerprint density at radius 3 is 2.65 bits per heavy atom. The fraction of sp³-hybridized carbons (Fsp3) is 0.300. The first-order valence-corrected chi connectivity index (χ1v) is 5.10. The number of hydrogen-bond donors (Lipinski definition) is 3. The first-order valence-electron chi connectivity index (χ1n) is 4.72. The summed E-state index contributed by atoms with van der Waals surface area (Å²) in [5.74, 6) is -1.93. The molecule has 0 spiro atoms. The van der Waals surface area contributed by atoms with Gasteiger partial charge in [0.25, 0.3) is 5.91 Å². The number of carbonyl (C=O) groups excluding carboxylic acids is 1. The van der Waals surface area contributed by atoms with Gasteiger partial charge in [-0.1, -0.05) is 11.6 Å². The van der Waals surface area contributed by atoms with E-state index < -0.39 is 24.5 Å². The van der Waals surface area contributed by atoms with Gasteiger partial charge in [-0.15, -0.1) is 0 Å². The molecule has 0 radical (unpaired) electrons. The van der Waals surface area contributed by atoms with E-state index in [1.54, 1.807) is 6.92 Å². The molecule has 1 unspecified atom stereocenters. The Labute approximate surface area is 102 Å². The lowest BCUT2D eigenvalue weighted by atomic mass is 10.2. The van der Waals surface area contributed by atoms with Crippen molar-refractivity contribution in [1.82, 2.24) is 10.3 Å². The van der Waals surface area contributed by atoms with Crippen LogP contribution in [0.25, 0.3) is 0 Å². The first kappa shape index (κ1) is 13.4. The topological polar surface area (TPSA) is 99.5 Å². The molecule has 1 heterocycles. The van der Waals surface area contributed by atoms with Gasteiger partial charge in [-0.25, -0.2) is 9.78 Å². The lowest BCUT2D eigenvalue weighted by Crippen LogP contribution is -2.43. The van der Waals surface area contributed by atoms with Gasteiger partial charge >= 0.3 is 5.97 Å². The van der Waals surface area contributed by atoms with E-state index in [1.807, 2.05) is 0 Å². The Morgan fingerprint density at radius 2 is 2.18 bits per heavy atom.